The summed E-state index contributed by atoms with van der Waals surface area (Å²) in [5.41, 5.74) is 6.69. The lowest BCUT2D eigenvalue weighted by Gasteiger charge is -2.19. The Labute approximate surface area is 237 Å². The standard InChI is InChI=1S/C34H41N3O3/c1-7-36-32(35-37(33(36)39)23-26-14-17-30(18-15-26)34(3,4)5)13-9-11-25-10-8-12-27(21-25)28-16-19-31(40-6)29(22-28)20-24(2)38/h8,10,12,14-19,21-22H,7,9,11,13,20,23H2,1-6H3. The topological polar surface area (TPSA) is 66.1 Å². The number of carbonyl (C=O) groups is 1. The second-order valence-electron chi connectivity index (χ2n) is 11.5. The number of hydrogen-bond donors (Lipinski definition) is 0. The first-order valence-electron chi connectivity index (χ1n) is 14.1. The zero-order valence-electron chi connectivity index (χ0n) is 24.7. The third-order valence-electron chi connectivity index (χ3n) is 7.31. The molecule has 0 aliphatic heterocycles. The van der Waals surface area contributed by atoms with Crippen molar-refractivity contribution in [3.05, 3.63) is 105 Å². The highest BCUT2D eigenvalue weighted by Crippen LogP contribution is 2.28. The van der Waals surface area contributed by atoms with Crippen molar-refractivity contribution in [3.8, 4) is 16.9 Å². The van der Waals surface area contributed by atoms with E-state index in [1.54, 1.807) is 23.3 Å². The molecule has 0 unspecified atom stereocenters. The van der Waals surface area contributed by atoms with Crippen LogP contribution in [0.1, 0.15) is 69.1 Å². The van der Waals surface area contributed by atoms with Gasteiger partial charge in [-0.2, -0.15) is 5.10 Å². The maximum absolute atomic E-state index is 13.1. The summed E-state index contributed by atoms with van der Waals surface area (Å²) in [5, 5.41) is 4.72. The normalized spacial score (nSPS) is 11.6. The minimum atomic E-state index is -0.0553. The SMILES string of the molecule is CCn1c(CCCc2cccc(-c3ccc(OC)c(CC(C)=O)c3)c2)nn(Cc2ccc(C(C)(C)C)cc2)c1=O. The average molecular weight is 540 g/mol. The first-order chi connectivity index (χ1) is 19.1. The lowest BCUT2D eigenvalue weighted by Crippen LogP contribution is -2.25. The molecule has 0 saturated heterocycles. The molecular weight excluding hydrogens is 498 g/mol. The number of ketones is 1. The maximum Gasteiger partial charge on any atom is 0.346 e. The Bertz CT molecular complexity index is 1520. The second-order valence-corrected chi connectivity index (χ2v) is 11.5. The molecule has 0 N–H and O–H groups in total. The molecule has 0 saturated carbocycles. The molecule has 1 aromatic heterocycles. The first kappa shape index (κ1) is 29.1. The summed E-state index contributed by atoms with van der Waals surface area (Å²) in [6, 6.07) is 23.0. The van der Waals surface area contributed by atoms with Gasteiger partial charge in [-0.1, -0.05) is 75.4 Å². The molecule has 6 heteroatoms. The minimum Gasteiger partial charge on any atom is -0.496 e. The van der Waals surface area contributed by atoms with Crippen LogP contribution in [0.25, 0.3) is 11.1 Å². The number of rotatable bonds is 11. The van der Waals surface area contributed by atoms with Crippen molar-refractivity contribution in [2.75, 3.05) is 7.11 Å². The van der Waals surface area contributed by atoms with Gasteiger partial charge in [-0.25, -0.2) is 9.48 Å². The Morgan fingerprint density at radius 1 is 0.925 bits per heavy atom. The number of aromatic nitrogens is 3. The van der Waals surface area contributed by atoms with E-state index in [4.69, 9.17) is 9.84 Å². The van der Waals surface area contributed by atoms with Crippen LogP contribution in [-0.2, 0) is 42.6 Å². The largest absolute Gasteiger partial charge is 0.496 e. The van der Waals surface area contributed by atoms with Crippen molar-refractivity contribution in [2.24, 2.45) is 0 Å². The van der Waals surface area contributed by atoms with Crippen LogP contribution in [0.5, 0.6) is 5.75 Å². The fourth-order valence-corrected chi connectivity index (χ4v) is 5.10. The van der Waals surface area contributed by atoms with E-state index in [2.05, 4.69) is 69.3 Å². The first-order valence-corrected chi connectivity index (χ1v) is 14.1. The van der Waals surface area contributed by atoms with Gasteiger partial charge in [-0.05, 0) is 72.1 Å². The van der Waals surface area contributed by atoms with Gasteiger partial charge in [0.2, 0.25) is 0 Å². The summed E-state index contributed by atoms with van der Waals surface area (Å²) in [7, 11) is 1.63. The van der Waals surface area contributed by atoms with Gasteiger partial charge in [0, 0.05) is 24.9 Å². The summed E-state index contributed by atoms with van der Waals surface area (Å²) >= 11 is 0. The Balaban J connectivity index is 1.45. The van der Waals surface area contributed by atoms with Gasteiger partial charge in [0.05, 0.1) is 13.7 Å². The molecule has 0 spiro atoms. The van der Waals surface area contributed by atoms with E-state index in [-0.39, 0.29) is 16.9 Å². The molecule has 0 aliphatic carbocycles. The molecule has 0 radical (unpaired) electrons. The van der Waals surface area contributed by atoms with Crippen LogP contribution in [0.4, 0.5) is 0 Å². The van der Waals surface area contributed by atoms with Gasteiger partial charge in [-0.15, -0.1) is 0 Å². The molecule has 210 valence electrons. The number of benzene rings is 3. The molecule has 3 aromatic carbocycles. The molecule has 40 heavy (non-hydrogen) atoms. The molecule has 4 aromatic rings. The number of ether oxygens (including phenoxy) is 1. The van der Waals surface area contributed by atoms with Gasteiger partial charge >= 0.3 is 5.69 Å². The van der Waals surface area contributed by atoms with Crippen molar-refractivity contribution in [2.45, 2.75) is 78.8 Å². The third-order valence-corrected chi connectivity index (χ3v) is 7.31. The molecule has 6 nitrogen and oxygen atoms in total. The predicted octanol–water partition coefficient (Wildman–Crippen LogP) is 6.39. The maximum atomic E-state index is 13.1. The van der Waals surface area contributed by atoms with Crippen molar-refractivity contribution < 1.29 is 9.53 Å². The van der Waals surface area contributed by atoms with E-state index in [0.29, 0.717) is 19.5 Å². The second kappa shape index (κ2) is 12.5. The van der Waals surface area contributed by atoms with Crippen LogP contribution in [-0.4, -0.2) is 27.2 Å². The molecule has 0 aliphatic rings. The highest BCUT2D eigenvalue weighted by atomic mass is 16.5. The van der Waals surface area contributed by atoms with E-state index in [1.807, 2.05) is 25.1 Å². The van der Waals surface area contributed by atoms with Crippen molar-refractivity contribution in [1.82, 2.24) is 14.3 Å². The predicted molar refractivity (Wildman–Crippen MR) is 161 cm³/mol. The highest BCUT2D eigenvalue weighted by Gasteiger charge is 2.15. The molecule has 1 heterocycles. The lowest BCUT2D eigenvalue weighted by atomic mass is 9.87. The van der Waals surface area contributed by atoms with E-state index in [0.717, 1.165) is 53.1 Å². The van der Waals surface area contributed by atoms with E-state index < -0.39 is 0 Å². The van der Waals surface area contributed by atoms with Gasteiger partial charge < -0.3 is 4.74 Å². The number of Topliss-reactive ketones (excluding diaryl/α,β-unsaturated/α-hetero) is 1. The number of methoxy groups -OCH3 is 1. The smallest absolute Gasteiger partial charge is 0.346 e. The van der Waals surface area contributed by atoms with Gasteiger partial charge in [0.25, 0.3) is 0 Å². The monoisotopic (exact) mass is 539 g/mol. The summed E-state index contributed by atoms with van der Waals surface area (Å²) < 4.78 is 8.83. The fraction of sp³-hybridized carbons (Fsp3) is 0.382. The molecule has 0 amide bonds. The van der Waals surface area contributed by atoms with E-state index in [9.17, 15) is 9.59 Å². The Morgan fingerprint density at radius 3 is 2.30 bits per heavy atom. The Hall–Kier alpha value is -3.93. The van der Waals surface area contributed by atoms with Crippen molar-refractivity contribution >= 4 is 5.78 Å². The summed E-state index contributed by atoms with van der Waals surface area (Å²) in [4.78, 5) is 24.8. The van der Waals surface area contributed by atoms with Crippen LogP contribution in [0.15, 0.2) is 71.5 Å². The van der Waals surface area contributed by atoms with Gasteiger partial charge in [-0.3, -0.25) is 9.36 Å². The third kappa shape index (κ3) is 6.98. The Morgan fingerprint density at radius 2 is 1.65 bits per heavy atom. The zero-order valence-corrected chi connectivity index (χ0v) is 24.7. The fourth-order valence-electron chi connectivity index (χ4n) is 5.10. The Kier molecular flexibility index (Phi) is 9.08. The molecule has 0 fully saturated rings. The average Bonchev–Trinajstić information content (AvgIpc) is 3.21. The molecule has 0 atom stereocenters. The number of aryl methyl sites for hydroxylation is 2. The number of carbonyl (C=O) groups excluding carboxylic acids is 1. The minimum absolute atomic E-state index is 0.0553. The van der Waals surface area contributed by atoms with Crippen LogP contribution in [0.3, 0.4) is 0 Å². The number of nitrogens with zero attached hydrogens (tertiary/aromatic N) is 3. The van der Waals surface area contributed by atoms with E-state index in [1.165, 1.54) is 11.1 Å². The van der Waals surface area contributed by atoms with Crippen LogP contribution in [0, 0.1) is 0 Å². The van der Waals surface area contributed by atoms with E-state index >= 15 is 0 Å². The highest BCUT2D eigenvalue weighted by molar-refractivity contribution is 5.80. The summed E-state index contributed by atoms with van der Waals surface area (Å²) in [6.45, 7) is 11.3. The molecule has 4 rings (SSSR count). The summed E-state index contributed by atoms with van der Waals surface area (Å²) in [6.07, 6.45) is 2.85. The summed E-state index contributed by atoms with van der Waals surface area (Å²) in [5.74, 6) is 1.67. The van der Waals surface area contributed by atoms with Crippen LogP contribution < -0.4 is 10.4 Å². The van der Waals surface area contributed by atoms with Crippen molar-refractivity contribution in [1.29, 1.82) is 0 Å². The quantitative estimate of drug-likeness (QED) is 0.221. The molecular formula is C34H41N3O3. The van der Waals surface area contributed by atoms with Crippen LogP contribution in [0.2, 0.25) is 0 Å². The lowest BCUT2D eigenvalue weighted by molar-refractivity contribution is -0.116. The van der Waals surface area contributed by atoms with Gasteiger partial charge in [0.1, 0.15) is 17.4 Å². The van der Waals surface area contributed by atoms with Crippen LogP contribution >= 0.6 is 0 Å². The van der Waals surface area contributed by atoms with Gasteiger partial charge in [0.15, 0.2) is 0 Å². The zero-order chi connectivity index (χ0) is 28.9. The van der Waals surface area contributed by atoms with Crippen molar-refractivity contribution in [3.63, 3.8) is 0 Å². The number of hydrogen-bond acceptors (Lipinski definition) is 4. The molecule has 0 bridgehead atoms.